The second-order valence-corrected chi connectivity index (χ2v) is 18.3. The topological polar surface area (TPSA) is 27.7 Å². The van der Waals surface area contributed by atoms with Gasteiger partial charge in [-0.15, -0.1) is 0 Å². The number of rotatable bonds is 18. The van der Waals surface area contributed by atoms with Crippen molar-refractivity contribution in [3.05, 3.63) is 323 Å². The van der Waals surface area contributed by atoms with Gasteiger partial charge in [0.05, 0.1) is 0 Å². The summed E-state index contributed by atoms with van der Waals surface area (Å²) >= 11 is 0. The Balaban J connectivity index is 1.39. The van der Waals surface area contributed by atoms with E-state index >= 15 is 0 Å². The van der Waals surface area contributed by atoms with Gasteiger partial charge < -0.3 is 0 Å². The van der Waals surface area contributed by atoms with Crippen LogP contribution in [0, 0.1) is 0 Å². The van der Waals surface area contributed by atoms with Crippen LogP contribution in [0.15, 0.2) is 273 Å². The summed E-state index contributed by atoms with van der Waals surface area (Å²) in [5.41, 5.74) is 5.86. The van der Waals surface area contributed by atoms with Gasteiger partial charge in [-0.05, 0) is 50.1 Å². The van der Waals surface area contributed by atoms with E-state index < -0.39 is 25.4 Å². The van der Waals surface area contributed by atoms with E-state index in [1.807, 2.05) is 0 Å². The molecule has 332 valence electrons. The molecule has 9 aromatic rings. The summed E-state index contributed by atoms with van der Waals surface area (Å²) in [5.74, 6) is -0.710. The van der Waals surface area contributed by atoms with Crippen LogP contribution in [0.3, 0.4) is 0 Å². The Morgan fingerprint density at radius 2 is 0.388 bits per heavy atom. The van der Waals surface area contributed by atoms with E-state index in [-0.39, 0.29) is 17.8 Å². The minimum atomic E-state index is -2.43. The minimum absolute atomic E-state index is 0.237. The molecular weight excluding hydrogens is 836 g/mol. The fourth-order valence-corrected chi connectivity index (χ4v) is 11.9. The maximum atomic E-state index is 8.32. The Hall–Kier alpha value is -6.71. The zero-order valence-electron chi connectivity index (χ0n) is 38.4. The van der Waals surface area contributed by atoms with Gasteiger partial charge in [-0.1, -0.05) is 294 Å². The van der Waals surface area contributed by atoms with Gasteiger partial charge in [-0.25, -0.2) is 0 Å². The molecule has 9 aromatic carbocycles. The molecule has 0 N–H and O–H groups in total. The lowest BCUT2D eigenvalue weighted by Crippen LogP contribution is -2.42. The molecule has 0 heterocycles. The molecule has 67 heavy (non-hydrogen) atoms. The summed E-state index contributed by atoms with van der Waals surface area (Å²) in [6.45, 7) is 6.81. The second-order valence-electron chi connectivity index (χ2n) is 17.3. The molecular formula is C63H57O3P. The van der Waals surface area contributed by atoms with Crippen LogP contribution < -0.4 is 0 Å². The van der Waals surface area contributed by atoms with E-state index in [4.69, 9.17) is 13.6 Å². The van der Waals surface area contributed by atoms with Crippen LogP contribution in [-0.2, 0) is 30.4 Å². The molecule has 0 saturated carbocycles. The Bertz CT molecular complexity index is 2410. The smallest absolute Gasteiger partial charge is 0.295 e. The van der Waals surface area contributed by atoms with Crippen molar-refractivity contribution in [3.63, 3.8) is 0 Å². The van der Waals surface area contributed by atoms with Crippen molar-refractivity contribution in [1.29, 1.82) is 0 Å². The molecule has 0 aliphatic heterocycles. The highest BCUT2D eigenvalue weighted by Crippen LogP contribution is 2.65. The first-order valence-corrected chi connectivity index (χ1v) is 24.4. The zero-order valence-corrected chi connectivity index (χ0v) is 39.3. The SMILES string of the molecule is CC(c1ccccc1)C(OP(OC(c1ccccc1)(c1ccccc1)C(C)c1ccccc1)OC(c1ccccc1)(c1ccccc1)C(C)c1ccccc1)(c1ccccc1)c1ccccc1. The Kier molecular flexibility index (Phi) is 14.1. The maximum absolute atomic E-state index is 8.32. The number of hydrogen-bond donors (Lipinski definition) is 0. The summed E-state index contributed by atoms with van der Waals surface area (Å²) in [6.07, 6.45) is 0. The molecule has 3 unspecified atom stereocenters. The van der Waals surface area contributed by atoms with Gasteiger partial charge in [0.15, 0.2) is 0 Å². The van der Waals surface area contributed by atoms with Crippen molar-refractivity contribution in [2.45, 2.75) is 55.3 Å². The first kappa shape index (κ1) is 45.4. The zero-order chi connectivity index (χ0) is 45.9. The molecule has 0 bridgehead atoms. The van der Waals surface area contributed by atoms with E-state index in [2.05, 4.69) is 294 Å². The summed E-state index contributed by atoms with van der Waals surface area (Å²) in [5, 5.41) is 0. The van der Waals surface area contributed by atoms with Crippen LogP contribution in [0.4, 0.5) is 0 Å². The Morgan fingerprint density at radius 3 is 0.552 bits per heavy atom. The fourth-order valence-electron chi connectivity index (χ4n) is 10.0. The third kappa shape index (κ3) is 9.09. The van der Waals surface area contributed by atoms with Crippen molar-refractivity contribution in [3.8, 4) is 0 Å². The predicted molar refractivity (Wildman–Crippen MR) is 276 cm³/mol. The summed E-state index contributed by atoms with van der Waals surface area (Å²) < 4.78 is 24.9. The van der Waals surface area contributed by atoms with Gasteiger partial charge >= 0.3 is 8.60 Å². The quantitative estimate of drug-likeness (QED) is 0.0803. The van der Waals surface area contributed by atoms with E-state index in [1.165, 1.54) is 0 Å². The summed E-state index contributed by atoms with van der Waals surface area (Å²) in [7, 11) is -2.43. The molecule has 0 saturated heterocycles. The van der Waals surface area contributed by atoms with E-state index in [0.29, 0.717) is 0 Å². The van der Waals surface area contributed by atoms with Gasteiger partial charge in [0.2, 0.25) is 0 Å². The Morgan fingerprint density at radius 1 is 0.239 bits per heavy atom. The molecule has 0 aromatic heterocycles. The van der Waals surface area contributed by atoms with E-state index in [9.17, 15) is 0 Å². The molecule has 0 amide bonds. The molecule has 3 nitrogen and oxygen atoms in total. The average molecular weight is 893 g/mol. The van der Waals surface area contributed by atoms with Crippen LogP contribution in [0.2, 0.25) is 0 Å². The third-order valence-electron chi connectivity index (χ3n) is 13.6. The van der Waals surface area contributed by atoms with Crippen molar-refractivity contribution >= 4 is 8.60 Å². The molecule has 9 rings (SSSR count). The lowest BCUT2D eigenvalue weighted by Gasteiger charge is -2.49. The molecule has 4 heteroatoms. The van der Waals surface area contributed by atoms with Crippen LogP contribution in [0.5, 0.6) is 0 Å². The molecule has 0 fully saturated rings. The molecule has 0 spiro atoms. The number of benzene rings is 9. The standard InChI is InChI=1S/C63H57O3P/c1-49(52-31-13-4-14-32-52)61(55-37-19-7-20-38-55,56-39-21-8-22-40-56)64-67(65-62(57-41-23-9-24-42-57,58-43-25-10-26-44-58)50(2)53-33-15-5-16-34-53)66-63(59-45-27-11-28-46-59,60-47-29-12-30-48-60)51(3)54-35-17-6-18-36-54/h4-51H,1-3H3. The van der Waals surface area contributed by atoms with Gasteiger partial charge in [0, 0.05) is 17.8 Å². The fraction of sp³-hybridized carbons (Fsp3) is 0.143. The van der Waals surface area contributed by atoms with Gasteiger partial charge in [-0.3, -0.25) is 13.6 Å². The molecule has 3 atom stereocenters. The van der Waals surface area contributed by atoms with Crippen molar-refractivity contribution in [1.82, 2.24) is 0 Å². The molecule has 0 aliphatic rings. The minimum Gasteiger partial charge on any atom is -0.295 e. The Labute approximate surface area is 398 Å². The predicted octanol–water partition coefficient (Wildman–Crippen LogP) is 16.5. The number of hydrogen-bond acceptors (Lipinski definition) is 3. The highest BCUT2D eigenvalue weighted by molar-refractivity contribution is 7.41. The summed E-state index contributed by atoms with van der Waals surface area (Å²) in [6, 6.07) is 95.9. The largest absolute Gasteiger partial charge is 0.336 e. The third-order valence-corrected chi connectivity index (χ3v) is 14.9. The average Bonchev–Trinajstić information content (AvgIpc) is 3.42. The van der Waals surface area contributed by atoms with E-state index in [1.54, 1.807) is 0 Å². The van der Waals surface area contributed by atoms with Crippen molar-refractivity contribution in [2.24, 2.45) is 0 Å². The van der Waals surface area contributed by atoms with Crippen LogP contribution >= 0.6 is 8.60 Å². The van der Waals surface area contributed by atoms with Crippen LogP contribution in [0.25, 0.3) is 0 Å². The first-order chi connectivity index (χ1) is 33.0. The van der Waals surface area contributed by atoms with Crippen molar-refractivity contribution in [2.75, 3.05) is 0 Å². The van der Waals surface area contributed by atoms with Crippen molar-refractivity contribution < 1.29 is 13.6 Å². The summed E-state index contributed by atoms with van der Waals surface area (Å²) in [4.78, 5) is 0. The van der Waals surface area contributed by atoms with E-state index in [0.717, 1.165) is 50.1 Å². The lowest BCUT2D eigenvalue weighted by molar-refractivity contribution is -0.0353. The highest BCUT2D eigenvalue weighted by atomic mass is 31.2. The normalized spacial score (nSPS) is 13.8. The highest BCUT2D eigenvalue weighted by Gasteiger charge is 2.54. The van der Waals surface area contributed by atoms with Crippen LogP contribution in [-0.4, -0.2) is 0 Å². The van der Waals surface area contributed by atoms with Gasteiger partial charge in [0.1, 0.15) is 16.8 Å². The van der Waals surface area contributed by atoms with Gasteiger partial charge in [-0.2, -0.15) is 0 Å². The second kappa shape index (κ2) is 20.9. The van der Waals surface area contributed by atoms with Gasteiger partial charge in [0.25, 0.3) is 0 Å². The van der Waals surface area contributed by atoms with Crippen LogP contribution in [0.1, 0.15) is 88.6 Å². The molecule has 0 aliphatic carbocycles. The molecule has 0 radical (unpaired) electrons. The maximum Gasteiger partial charge on any atom is 0.336 e. The lowest BCUT2D eigenvalue weighted by atomic mass is 9.74. The first-order valence-electron chi connectivity index (χ1n) is 23.3. The monoisotopic (exact) mass is 892 g/mol.